The molecule has 0 saturated carbocycles. The van der Waals surface area contributed by atoms with Gasteiger partial charge >= 0.3 is 0 Å². The van der Waals surface area contributed by atoms with Crippen LogP contribution in [-0.2, 0) is 4.74 Å². The number of rotatable bonds is 1. The van der Waals surface area contributed by atoms with Crippen LogP contribution in [0.15, 0.2) is 0 Å². The van der Waals surface area contributed by atoms with Crippen molar-refractivity contribution < 1.29 is 19.3 Å². The minimum Gasteiger partial charge on any atom is -0.388 e. The zero-order valence-electron chi connectivity index (χ0n) is 4.83. The lowest BCUT2D eigenvalue weighted by atomic mass is 10.2. The van der Waals surface area contributed by atoms with E-state index in [4.69, 9.17) is 10.2 Å². The largest absolute Gasteiger partial charge is 0.388 e. The summed E-state index contributed by atoms with van der Waals surface area (Å²) in [6, 6.07) is 0. The molecule has 9 heavy (non-hydrogen) atoms. The van der Waals surface area contributed by atoms with Gasteiger partial charge in [-0.1, -0.05) is 0 Å². The Balaban J connectivity index is 2.35. The molecule has 54 valence electrons. The van der Waals surface area contributed by atoms with Crippen molar-refractivity contribution in [2.45, 2.75) is 24.9 Å². The van der Waals surface area contributed by atoms with Crippen LogP contribution in [0.4, 0.5) is 4.39 Å². The van der Waals surface area contributed by atoms with Crippen molar-refractivity contribution >= 4 is 0 Å². The fourth-order valence-corrected chi connectivity index (χ4v) is 0.829. The molecule has 0 aromatic carbocycles. The lowest BCUT2D eigenvalue weighted by molar-refractivity contribution is -0.129. The van der Waals surface area contributed by atoms with Crippen molar-refractivity contribution in [2.24, 2.45) is 0 Å². The van der Waals surface area contributed by atoms with Crippen LogP contribution in [0.25, 0.3) is 0 Å². The molecule has 0 spiro atoms. The fourth-order valence-electron chi connectivity index (χ4n) is 0.829. The van der Waals surface area contributed by atoms with E-state index in [-0.39, 0.29) is 6.42 Å². The van der Waals surface area contributed by atoms with Crippen LogP contribution >= 0.6 is 0 Å². The van der Waals surface area contributed by atoms with Gasteiger partial charge < -0.3 is 14.9 Å². The van der Waals surface area contributed by atoms with E-state index in [0.717, 1.165) is 0 Å². The Morgan fingerprint density at radius 2 is 2.22 bits per heavy atom. The van der Waals surface area contributed by atoms with Crippen molar-refractivity contribution in [1.29, 1.82) is 0 Å². The fraction of sp³-hybridized carbons (Fsp3) is 1.00. The number of halogens is 1. The van der Waals surface area contributed by atoms with Gasteiger partial charge in [0.25, 0.3) is 0 Å². The van der Waals surface area contributed by atoms with Crippen molar-refractivity contribution in [3.63, 3.8) is 0 Å². The standard InChI is InChI=1S/C5H9FO3/c6-2-3-1-4(7)5(8)9-3/h3-5,7-8H,1-2H2/t3-,4+,5?/m0/s1. The molecule has 3 nitrogen and oxygen atoms in total. The molecule has 0 bridgehead atoms. The van der Waals surface area contributed by atoms with Crippen molar-refractivity contribution in [3.8, 4) is 0 Å². The van der Waals surface area contributed by atoms with Crippen LogP contribution in [0.2, 0.25) is 0 Å². The summed E-state index contributed by atoms with van der Waals surface area (Å²) in [5.74, 6) is 0. The summed E-state index contributed by atoms with van der Waals surface area (Å²) in [5.41, 5.74) is 0. The van der Waals surface area contributed by atoms with Gasteiger partial charge in [0.2, 0.25) is 0 Å². The average molecular weight is 136 g/mol. The van der Waals surface area contributed by atoms with E-state index < -0.39 is 25.2 Å². The molecule has 1 unspecified atom stereocenters. The lowest BCUT2D eigenvalue weighted by Crippen LogP contribution is -2.19. The highest BCUT2D eigenvalue weighted by molar-refractivity contribution is 4.74. The van der Waals surface area contributed by atoms with E-state index in [9.17, 15) is 4.39 Å². The molecule has 1 aliphatic heterocycles. The van der Waals surface area contributed by atoms with E-state index in [1.54, 1.807) is 0 Å². The molecule has 1 aliphatic rings. The first kappa shape index (κ1) is 6.92. The van der Waals surface area contributed by atoms with Crippen LogP contribution in [0.1, 0.15) is 6.42 Å². The molecular formula is C5H9FO3. The first-order valence-electron chi connectivity index (χ1n) is 2.81. The maximum Gasteiger partial charge on any atom is 0.181 e. The number of ether oxygens (including phenoxy) is 1. The molecule has 1 rings (SSSR count). The Morgan fingerprint density at radius 3 is 2.44 bits per heavy atom. The smallest absolute Gasteiger partial charge is 0.181 e. The highest BCUT2D eigenvalue weighted by atomic mass is 19.1. The minimum atomic E-state index is -1.19. The SMILES string of the molecule is OC1O[C@H](CF)C[C@H]1O. The third kappa shape index (κ3) is 1.38. The molecule has 0 radical (unpaired) electrons. The molecule has 0 amide bonds. The molecular weight excluding hydrogens is 127 g/mol. The Hall–Kier alpha value is -0.190. The normalized spacial score (nSPS) is 43.7. The second-order valence-corrected chi connectivity index (χ2v) is 2.11. The summed E-state index contributed by atoms with van der Waals surface area (Å²) < 4.78 is 16.3. The summed E-state index contributed by atoms with van der Waals surface area (Å²) in [6.45, 7) is -0.645. The number of hydrogen-bond donors (Lipinski definition) is 2. The van der Waals surface area contributed by atoms with Gasteiger partial charge in [-0.05, 0) is 0 Å². The van der Waals surface area contributed by atoms with Crippen LogP contribution in [0.3, 0.4) is 0 Å². The van der Waals surface area contributed by atoms with Crippen LogP contribution in [0, 0.1) is 0 Å². The zero-order chi connectivity index (χ0) is 6.85. The summed E-state index contributed by atoms with van der Waals surface area (Å²) in [5, 5.41) is 17.4. The highest BCUT2D eigenvalue weighted by Crippen LogP contribution is 2.18. The first-order valence-corrected chi connectivity index (χ1v) is 2.81. The van der Waals surface area contributed by atoms with Gasteiger partial charge in [0.15, 0.2) is 6.29 Å². The van der Waals surface area contributed by atoms with Crippen LogP contribution in [0.5, 0.6) is 0 Å². The predicted octanol–water partition coefficient (Wildman–Crippen LogP) is -0.576. The lowest BCUT2D eigenvalue weighted by Gasteiger charge is -2.04. The third-order valence-corrected chi connectivity index (χ3v) is 1.34. The Bertz CT molecular complexity index is 88.2. The molecule has 4 heteroatoms. The summed E-state index contributed by atoms with van der Waals surface area (Å²) >= 11 is 0. The molecule has 1 heterocycles. The van der Waals surface area contributed by atoms with Crippen molar-refractivity contribution in [3.05, 3.63) is 0 Å². The molecule has 3 atom stereocenters. The van der Waals surface area contributed by atoms with Crippen molar-refractivity contribution in [1.82, 2.24) is 0 Å². The summed E-state index contributed by atoms with van der Waals surface area (Å²) in [6.07, 6.45) is -2.52. The van der Waals surface area contributed by atoms with Gasteiger partial charge in [-0.3, -0.25) is 0 Å². The van der Waals surface area contributed by atoms with Gasteiger partial charge in [0.05, 0.1) is 6.10 Å². The number of aliphatic hydroxyl groups is 2. The van der Waals surface area contributed by atoms with Gasteiger partial charge in [-0.15, -0.1) is 0 Å². The van der Waals surface area contributed by atoms with Gasteiger partial charge in [0.1, 0.15) is 12.8 Å². The molecule has 2 N–H and O–H groups in total. The molecule has 1 fully saturated rings. The van der Waals surface area contributed by atoms with Crippen molar-refractivity contribution in [2.75, 3.05) is 6.67 Å². The predicted molar refractivity (Wildman–Crippen MR) is 27.5 cm³/mol. The quantitative estimate of drug-likeness (QED) is 0.507. The zero-order valence-corrected chi connectivity index (χ0v) is 4.83. The maximum absolute atomic E-state index is 11.7. The minimum absolute atomic E-state index is 0.192. The first-order chi connectivity index (χ1) is 4.24. The number of alkyl halides is 1. The highest BCUT2D eigenvalue weighted by Gasteiger charge is 2.31. The monoisotopic (exact) mass is 136 g/mol. The molecule has 0 aromatic rings. The average Bonchev–Trinajstić information content (AvgIpc) is 2.13. The van der Waals surface area contributed by atoms with Crippen LogP contribution in [-0.4, -0.2) is 35.4 Å². The number of hydrogen-bond acceptors (Lipinski definition) is 3. The molecule has 1 saturated heterocycles. The van der Waals surface area contributed by atoms with Gasteiger partial charge in [0, 0.05) is 6.42 Å². The second kappa shape index (κ2) is 2.60. The Kier molecular flexibility index (Phi) is 2.00. The topological polar surface area (TPSA) is 49.7 Å². The molecule has 0 aliphatic carbocycles. The summed E-state index contributed by atoms with van der Waals surface area (Å²) in [7, 11) is 0. The van der Waals surface area contributed by atoms with Gasteiger partial charge in [-0.2, -0.15) is 0 Å². The van der Waals surface area contributed by atoms with Gasteiger partial charge in [-0.25, -0.2) is 4.39 Å². The molecule has 0 aromatic heterocycles. The third-order valence-electron chi connectivity index (χ3n) is 1.34. The Morgan fingerprint density at radius 1 is 1.56 bits per heavy atom. The van der Waals surface area contributed by atoms with Crippen LogP contribution < -0.4 is 0 Å². The van der Waals surface area contributed by atoms with E-state index in [1.165, 1.54) is 0 Å². The van der Waals surface area contributed by atoms with E-state index in [1.807, 2.05) is 0 Å². The van der Waals surface area contributed by atoms with E-state index in [2.05, 4.69) is 4.74 Å². The maximum atomic E-state index is 11.7. The Labute approximate surface area is 52.1 Å². The number of aliphatic hydroxyl groups excluding tert-OH is 2. The summed E-state index contributed by atoms with van der Waals surface area (Å²) in [4.78, 5) is 0. The van der Waals surface area contributed by atoms with E-state index >= 15 is 0 Å². The second-order valence-electron chi connectivity index (χ2n) is 2.11. The van der Waals surface area contributed by atoms with E-state index in [0.29, 0.717) is 0 Å².